The van der Waals surface area contributed by atoms with Gasteiger partial charge in [-0.1, -0.05) is 19.3 Å². The number of nitrogen functional groups attached to an aromatic ring is 1. The van der Waals surface area contributed by atoms with Crippen LogP contribution in [0, 0.1) is 0 Å². The number of aryl methyl sites for hydroxylation is 1. The standard InChI is InChI=1S/C15H27N5O/c1-19(12-7-4-3-5-8-12)10-6-9-17-15(21)14-13(16)11-20(2)18-14/h11-12H,3-10,16H2,1-2H3,(H,17,21). The molecule has 0 unspecified atom stereocenters. The average Bonchev–Trinajstić information content (AvgIpc) is 2.83. The van der Waals surface area contributed by atoms with E-state index < -0.39 is 0 Å². The lowest BCUT2D eigenvalue weighted by Gasteiger charge is -2.31. The summed E-state index contributed by atoms with van der Waals surface area (Å²) >= 11 is 0. The van der Waals surface area contributed by atoms with E-state index in [2.05, 4.69) is 22.4 Å². The van der Waals surface area contributed by atoms with E-state index in [9.17, 15) is 4.79 Å². The highest BCUT2D eigenvalue weighted by atomic mass is 16.1. The Morgan fingerprint density at radius 3 is 2.81 bits per heavy atom. The van der Waals surface area contributed by atoms with Gasteiger partial charge in [-0.2, -0.15) is 5.10 Å². The lowest BCUT2D eigenvalue weighted by Crippen LogP contribution is -2.36. The maximum Gasteiger partial charge on any atom is 0.273 e. The topological polar surface area (TPSA) is 76.2 Å². The van der Waals surface area contributed by atoms with E-state index in [1.54, 1.807) is 17.9 Å². The number of anilines is 1. The van der Waals surface area contributed by atoms with Gasteiger partial charge in [-0.3, -0.25) is 9.48 Å². The molecule has 1 saturated carbocycles. The number of rotatable bonds is 6. The number of hydrogen-bond acceptors (Lipinski definition) is 4. The summed E-state index contributed by atoms with van der Waals surface area (Å²) in [6, 6.07) is 0.723. The fourth-order valence-corrected chi connectivity index (χ4v) is 3.00. The summed E-state index contributed by atoms with van der Waals surface area (Å²) in [5, 5.41) is 6.96. The Hall–Kier alpha value is -1.56. The Balaban J connectivity index is 1.67. The van der Waals surface area contributed by atoms with Crippen molar-refractivity contribution in [3.8, 4) is 0 Å². The van der Waals surface area contributed by atoms with E-state index in [0.717, 1.165) is 19.0 Å². The molecule has 1 aliphatic rings. The Morgan fingerprint density at radius 2 is 2.19 bits per heavy atom. The molecule has 1 aromatic heterocycles. The quantitative estimate of drug-likeness (QED) is 0.777. The molecule has 1 aliphatic carbocycles. The van der Waals surface area contributed by atoms with Gasteiger partial charge in [0.25, 0.3) is 5.91 Å². The largest absolute Gasteiger partial charge is 0.396 e. The molecule has 6 nitrogen and oxygen atoms in total. The lowest BCUT2D eigenvalue weighted by molar-refractivity contribution is 0.0945. The first kappa shape index (κ1) is 15.8. The lowest BCUT2D eigenvalue weighted by atomic mass is 9.94. The number of aromatic nitrogens is 2. The van der Waals surface area contributed by atoms with Gasteiger partial charge in [0.2, 0.25) is 0 Å². The number of nitrogens with zero attached hydrogens (tertiary/aromatic N) is 3. The van der Waals surface area contributed by atoms with Crippen molar-refractivity contribution in [3.63, 3.8) is 0 Å². The summed E-state index contributed by atoms with van der Waals surface area (Å²) in [7, 11) is 3.95. The summed E-state index contributed by atoms with van der Waals surface area (Å²) in [6.07, 6.45) is 9.30. The van der Waals surface area contributed by atoms with Crippen LogP contribution in [0.2, 0.25) is 0 Å². The number of nitrogens with two attached hydrogens (primary N) is 1. The maximum atomic E-state index is 11.9. The maximum absolute atomic E-state index is 11.9. The zero-order chi connectivity index (χ0) is 15.2. The average molecular weight is 293 g/mol. The third-order valence-corrected chi connectivity index (χ3v) is 4.24. The monoisotopic (exact) mass is 293 g/mol. The van der Waals surface area contributed by atoms with Crippen molar-refractivity contribution >= 4 is 11.6 Å². The van der Waals surface area contributed by atoms with Crippen molar-refractivity contribution < 1.29 is 4.79 Å². The molecular weight excluding hydrogens is 266 g/mol. The number of hydrogen-bond donors (Lipinski definition) is 2. The van der Waals surface area contributed by atoms with Crippen molar-refractivity contribution in [2.75, 3.05) is 25.9 Å². The predicted octanol–water partition coefficient (Wildman–Crippen LogP) is 1.39. The van der Waals surface area contributed by atoms with Crippen LogP contribution in [0.5, 0.6) is 0 Å². The fourth-order valence-electron chi connectivity index (χ4n) is 3.00. The van der Waals surface area contributed by atoms with E-state index in [4.69, 9.17) is 5.73 Å². The predicted molar refractivity (Wildman–Crippen MR) is 84.1 cm³/mol. The first-order chi connectivity index (χ1) is 10.1. The SMILES string of the molecule is CN(CCCNC(=O)c1nn(C)cc1N)C1CCCCC1. The molecule has 1 fully saturated rings. The van der Waals surface area contributed by atoms with E-state index in [1.807, 2.05) is 0 Å². The van der Waals surface area contributed by atoms with E-state index in [1.165, 1.54) is 32.1 Å². The zero-order valence-electron chi connectivity index (χ0n) is 13.1. The highest BCUT2D eigenvalue weighted by Crippen LogP contribution is 2.21. The van der Waals surface area contributed by atoms with Crippen molar-refractivity contribution in [2.45, 2.75) is 44.6 Å². The number of carbonyl (C=O) groups excluding carboxylic acids is 1. The molecule has 21 heavy (non-hydrogen) atoms. The second-order valence-corrected chi connectivity index (χ2v) is 5.99. The number of carbonyl (C=O) groups is 1. The van der Waals surface area contributed by atoms with Gasteiger partial charge >= 0.3 is 0 Å². The molecule has 1 amide bonds. The molecule has 0 aliphatic heterocycles. The Labute approximate surface area is 126 Å². The molecule has 1 aromatic rings. The van der Waals surface area contributed by atoms with Crippen LogP contribution in [0.25, 0.3) is 0 Å². The minimum absolute atomic E-state index is 0.187. The highest BCUT2D eigenvalue weighted by Gasteiger charge is 2.17. The Kier molecular flexibility index (Phi) is 5.61. The summed E-state index contributed by atoms with van der Waals surface area (Å²) < 4.78 is 1.56. The molecule has 6 heteroatoms. The molecule has 3 N–H and O–H groups in total. The van der Waals surface area contributed by atoms with Gasteiger partial charge in [0.15, 0.2) is 5.69 Å². The fraction of sp³-hybridized carbons (Fsp3) is 0.733. The summed E-state index contributed by atoms with van der Waals surface area (Å²) in [6.45, 7) is 1.68. The molecule has 0 saturated heterocycles. The number of nitrogens with one attached hydrogen (secondary N) is 1. The normalized spacial score (nSPS) is 16.3. The molecule has 2 rings (SSSR count). The highest BCUT2D eigenvalue weighted by molar-refractivity contribution is 5.96. The molecule has 0 radical (unpaired) electrons. The van der Waals surface area contributed by atoms with Crippen LogP contribution < -0.4 is 11.1 Å². The van der Waals surface area contributed by atoms with E-state index in [-0.39, 0.29) is 5.91 Å². The van der Waals surface area contributed by atoms with Gasteiger partial charge in [0.1, 0.15) is 0 Å². The van der Waals surface area contributed by atoms with Crippen molar-refractivity contribution in [3.05, 3.63) is 11.9 Å². The third-order valence-electron chi connectivity index (χ3n) is 4.24. The van der Waals surface area contributed by atoms with Gasteiger partial charge in [-0.05, 0) is 32.9 Å². The second kappa shape index (κ2) is 7.45. The van der Waals surface area contributed by atoms with Crippen LogP contribution in [-0.4, -0.2) is 46.8 Å². The summed E-state index contributed by atoms with van der Waals surface area (Å²) in [5.41, 5.74) is 6.48. The van der Waals surface area contributed by atoms with Gasteiger partial charge < -0.3 is 16.0 Å². The summed E-state index contributed by atoms with van der Waals surface area (Å²) in [5.74, 6) is -0.187. The van der Waals surface area contributed by atoms with Crippen LogP contribution >= 0.6 is 0 Å². The van der Waals surface area contributed by atoms with Crippen LogP contribution in [0.1, 0.15) is 49.0 Å². The van der Waals surface area contributed by atoms with Crippen LogP contribution in [-0.2, 0) is 7.05 Å². The van der Waals surface area contributed by atoms with Gasteiger partial charge in [0.05, 0.1) is 5.69 Å². The van der Waals surface area contributed by atoms with Crippen molar-refractivity contribution in [1.29, 1.82) is 0 Å². The first-order valence-corrected chi connectivity index (χ1v) is 7.85. The minimum Gasteiger partial charge on any atom is -0.396 e. The second-order valence-electron chi connectivity index (χ2n) is 5.99. The Morgan fingerprint density at radius 1 is 1.48 bits per heavy atom. The Bertz CT molecular complexity index is 465. The van der Waals surface area contributed by atoms with Crippen LogP contribution in [0.15, 0.2) is 6.20 Å². The number of amides is 1. The van der Waals surface area contributed by atoms with Gasteiger partial charge in [-0.15, -0.1) is 0 Å². The van der Waals surface area contributed by atoms with Crippen LogP contribution in [0.3, 0.4) is 0 Å². The van der Waals surface area contributed by atoms with E-state index in [0.29, 0.717) is 17.9 Å². The minimum atomic E-state index is -0.187. The van der Waals surface area contributed by atoms with Gasteiger partial charge in [0, 0.05) is 25.8 Å². The molecule has 0 atom stereocenters. The summed E-state index contributed by atoms with van der Waals surface area (Å²) in [4.78, 5) is 14.4. The van der Waals surface area contributed by atoms with E-state index >= 15 is 0 Å². The van der Waals surface area contributed by atoms with Crippen molar-refractivity contribution in [2.24, 2.45) is 7.05 Å². The van der Waals surface area contributed by atoms with Crippen LogP contribution in [0.4, 0.5) is 5.69 Å². The molecule has 0 bridgehead atoms. The van der Waals surface area contributed by atoms with Crippen molar-refractivity contribution in [1.82, 2.24) is 20.0 Å². The zero-order valence-corrected chi connectivity index (χ0v) is 13.1. The third kappa shape index (κ3) is 4.46. The molecular formula is C15H27N5O. The first-order valence-electron chi connectivity index (χ1n) is 7.85. The molecule has 1 heterocycles. The smallest absolute Gasteiger partial charge is 0.273 e. The molecule has 118 valence electrons. The molecule has 0 spiro atoms. The van der Waals surface area contributed by atoms with Gasteiger partial charge in [-0.25, -0.2) is 0 Å². The molecule has 0 aromatic carbocycles.